The molecular formula is C12H16N2OS2. The monoisotopic (exact) mass is 268 g/mol. The third-order valence-corrected chi connectivity index (χ3v) is 4.03. The largest absolute Gasteiger partial charge is 0.358 e. The van der Waals surface area contributed by atoms with Gasteiger partial charge in [0.1, 0.15) is 10.0 Å². The lowest BCUT2D eigenvalue weighted by atomic mass is 10.2. The molecule has 0 aliphatic heterocycles. The fourth-order valence-corrected chi connectivity index (χ4v) is 2.83. The minimum atomic E-state index is 0.502. The van der Waals surface area contributed by atoms with Gasteiger partial charge in [0, 0.05) is 18.8 Å². The number of thiocarbonyl (C=S) groups is 1. The fourth-order valence-electron chi connectivity index (χ4n) is 1.43. The summed E-state index contributed by atoms with van der Waals surface area (Å²) in [6.07, 6.45) is 0. The van der Waals surface area contributed by atoms with Crippen LogP contribution in [0.15, 0.2) is 29.4 Å². The zero-order chi connectivity index (χ0) is 12.7. The smallest absolute Gasteiger partial charge is 0.136 e. The number of rotatable bonds is 5. The van der Waals surface area contributed by atoms with E-state index >= 15 is 0 Å². The molecule has 0 aliphatic carbocycles. The predicted octanol–water partition coefficient (Wildman–Crippen LogP) is 3.94. The highest BCUT2D eigenvalue weighted by Gasteiger charge is 2.08. The predicted molar refractivity (Wildman–Crippen MR) is 78.7 cm³/mol. The Bertz CT molecular complexity index is 392. The summed E-state index contributed by atoms with van der Waals surface area (Å²) in [6.45, 7) is 5.99. The van der Waals surface area contributed by atoms with Crippen LogP contribution in [0.2, 0.25) is 0 Å². The molecule has 92 valence electrons. The molecule has 0 N–H and O–H groups in total. The molecule has 0 saturated carbocycles. The first-order valence-electron chi connectivity index (χ1n) is 5.55. The van der Waals surface area contributed by atoms with Gasteiger partial charge in [0.25, 0.3) is 0 Å². The van der Waals surface area contributed by atoms with E-state index in [1.54, 1.807) is 17.8 Å². The van der Waals surface area contributed by atoms with Gasteiger partial charge in [-0.05, 0) is 30.7 Å². The third-order valence-electron chi connectivity index (χ3n) is 2.46. The molecule has 1 aromatic carbocycles. The Kier molecular flexibility index (Phi) is 6.15. The van der Waals surface area contributed by atoms with E-state index in [0.717, 1.165) is 23.0 Å². The summed E-state index contributed by atoms with van der Waals surface area (Å²) in [4.78, 5) is 12.7. The van der Waals surface area contributed by atoms with Crippen molar-refractivity contribution in [1.82, 2.24) is 4.90 Å². The molecule has 0 radical (unpaired) electrons. The molecule has 17 heavy (non-hydrogen) atoms. The lowest BCUT2D eigenvalue weighted by Crippen LogP contribution is -2.26. The second-order valence-corrected chi connectivity index (χ2v) is 5.06. The van der Waals surface area contributed by atoms with E-state index in [4.69, 9.17) is 12.2 Å². The van der Waals surface area contributed by atoms with Crippen molar-refractivity contribution in [2.24, 2.45) is 5.18 Å². The molecule has 1 rings (SSSR count). The van der Waals surface area contributed by atoms with Crippen LogP contribution in [0.5, 0.6) is 0 Å². The molecule has 0 heterocycles. The zero-order valence-electron chi connectivity index (χ0n) is 10.0. The van der Waals surface area contributed by atoms with Gasteiger partial charge >= 0.3 is 0 Å². The fraction of sp³-hybridized carbons (Fsp3) is 0.417. The molecule has 0 unspecified atom stereocenters. The Morgan fingerprint density at radius 1 is 1.35 bits per heavy atom. The van der Waals surface area contributed by atoms with Crippen LogP contribution in [0.25, 0.3) is 0 Å². The minimum Gasteiger partial charge on any atom is -0.358 e. The molecule has 0 saturated heterocycles. The summed E-state index contributed by atoms with van der Waals surface area (Å²) in [5.41, 5.74) is 1.43. The highest BCUT2D eigenvalue weighted by Crippen LogP contribution is 2.24. The molecule has 0 aromatic heterocycles. The first-order chi connectivity index (χ1) is 8.22. The van der Waals surface area contributed by atoms with E-state index in [1.165, 1.54) is 0 Å². The Balaban J connectivity index is 2.61. The summed E-state index contributed by atoms with van der Waals surface area (Å²) in [5, 5.41) is 3.01. The number of thioether (sulfide) groups is 1. The standard InChI is InChI=1S/C12H16N2OS2/c1-3-14(4-2)12(16)17-9-10-7-5-6-8-11(10)13-15/h5-8H,3-4,9H2,1-2H3. The van der Waals surface area contributed by atoms with Gasteiger partial charge in [-0.15, -0.1) is 4.91 Å². The van der Waals surface area contributed by atoms with Gasteiger partial charge in [0.05, 0.1) is 0 Å². The van der Waals surface area contributed by atoms with Crippen molar-refractivity contribution in [1.29, 1.82) is 0 Å². The number of nitroso groups, excluding NO2 is 1. The maximum atomic E-state index is 10.6. The molecule has 0 aliphatic rings. The minimum absolute atomic E-state index is 0.502. The van der Waals surface area contributed by atoms with Gasteiger partial charge in [0.15, 0.2) is 0 Å². The van der Waals surface area contributed by atoms with E-state index in [0.29, 0.717) is 11.4 Å². The number of nitrogens with zero attached hydrogens (tertiary/aromatic N) is 2. The Morgan fingerprint density at radius 2 is 2.00 bits per heavy atom. The average molecular weight is 268 g/mol. The molecule has 1 aromatic rings. The van der Waals surface area contributed by atoms with Crippen LogP contribution < -0.4 is 0 Å². The van der Waals surface area contributed by atoms with Crippen molar-refractivity contribution in [3.8, 4) is 0 Å². The van der Waals surface area contributed by atoms with E-state index in [-0.39, 0.29) is 0 Å². The molecule has 3 nitrogen and oxygen atoms in total. The van der Waals surface area contributed by atoms with Crippen LogP contribution in [-0.2, 0) is 5.75 Å². The van der Waals surface area contributed by atoms with Crippen molar-refractivity contribution in [3.63, 3.8) is 0 Å². The van der Waals surface area contributed by atoms with Crippen LogP contribution in [0.3, 0.4) is 0 Å². The molecule has 0 spiro atoms. The van der Waals surface area contributed by atoms with Gasteiger partial charge in [-0.3, -0.25) is 0 Å². The van der Waals surface area contributed by atoms with Gasteiger partial charge in [-0.1, -0.05) is 42.2 Å². The summed E-state index contributed by atoms with van der Waals surface area (Å²) < 4.78 is 0.871. The molecule has 0 atom stereocenters. The van der Waals surface area contributed by atoms with Gasteiger partial charge < -0.3 is 4.90 Å². The summed E-state index contributed by atoms with van der Waals surface area (Å²) in [7, 11) is 0. The first kappa shape index (κ1) is 14.1. The van der Waals surface area contributed by atoms with Crippen molar-refractivity contribution < 1.29 is 0 Å². The molecule has 0 bridgehead atoms. The number of benzene rings is 1. The van der Waals surface area contributed by atoms with Crippen LogP contribution in [0.4, 0.5) is 5.69 Å². The molecule has 0 amide bonds. The van der Waals surface area contributed by atoms with Crippen molar-refractivity contribution >= 4 is 34.0 Å². The Hall–Kier alpha value is -0.940. The van der Waals surface area contributed by atoms with E-state index in [2.05, 4.69) is 23.9 Å². The van der Waals surface area contributed by atoms with Crippen molar-refractivity contribution in [2.45, 2.75) is 19.6 Å². The lowest BCUT2D eigenvalue weighted by Gasteiger charge is -2.20. The summed E-state index contributed by atoms with van der Waals surface area (Å²) in [6, 6.07) is 7.36. The maximum Gasteiger partial charge on any atom is 0.136 e. The second-order valence-electron chi connectivity index (χ2n) is 3.45. The van der Waals surface area contributed by atoms with Crippen LogP contribution in [0, 0.1) is 4.91 Å². The van der Waals surface area contributed by atoms with Crippen molar-refractivity contribution in [3.05, 3.63) is 34.7 Å². The molecule has 5 heteroatoms. The van der Waals surface area contributed by atoms with Crippen LogP contribution in [-0.4, -0.2) is 22.3 Å². The second kappa shape index (κ2) is 7.40. The summed E-state index contributed by atoms with van der Waals surface area (Å²) in [5.74, 6) is 0.692. The molecular weight excluding hydrogens is 252 g/mol. The maximum absolute atomic E-state index is 10.6. The topological polar surface area (TPSA) is 32.7 Å². The Labute approximate surface area is 112 Å². The normalized spacial score (nSPS) is 10.0. The zero-order valence-corrected chi connectivity index (χ0v) is 11.7. The average Bonchev–Trinajstić information content (AvgIpc) is 2.38. The van der Waals surface area contributed by atoms with Gasteiger partial charge in [-0.25, -0.2) is 0 Å². The highest BCUT2D eigenvalue weighted by atomic mass is 32.2. The van der Waals surface area contributed by atoms with E-state index in [9.17, 15) is 4.91 Å². The number of hydrogen-bond donors (Lipinski definition) is 0. The highest BCUT2D eigenvalue weighted by molar-refractivity contribution is 8.22. The first-order valence-corrected chi connectivity index (χ1v) is 6.95. The lowest BCUT2D eigenvalue weighted by molar-refractivity contribution is 0.482. The SMILES string of the molecule is CCN(CC)C(=S)SCc1ccccc1N=O. The van der Waals surface area contributed by atoms with Crippen LogP contribution >= 0.6 is 24.0 Å². The van der Waals surface area contributed by atoms with Crippen molar-refractivity contribution in [2.75, 3.05) is 13.1 Å². The van der Waals surface area contributed by atoms with E-state index < -0.39 is 0 Å². The molecule has 0 fully saturated rings. The van der Waals surface area contributed by atoms with E-state index in [1.807, 2.05) is 18.2 Å². The third kappa shape index (κ3) is 4.09. The summed E-state index contributed by atoms with van der Waals surface area (Å²) >= 11 is 6.91. The van der Waals surface area contributed by atoms with Gasteiger partial charge in [-0.2, -0.15) is 0 Å². The van der Waals surface area contributed by atoms with Gasteiger partial charge in [0.2, 0.25) is 0 Å². The number of hydrogen-bond acceptors (Lipinski definition) is 4. The Morgan fingerprint density at radius 3 is 2.59 bits per heavy atom. The van der Waals surface area contributed by atoms with Crippen LogP contribution in [0.1, 0.15) is 19.4 Å². The quantitative estimate of drug-likeness (QED) is 0.598.